The molecule has 0 spiro atoms. The summed E-state index contributed by atoms with van der Waals surface area (Å²) < 4.78 is 1.06. The zero-order chi connectivity index (χ0) is 13.1. The highest BCUT2D eigenvalue weighted by atomic mass is 127. The second-order valence-corrected chi connectivity index (χ2v) is 5.77. The molecule has 1 unspecified atom stereocenters. The van der Waals surface area contributed by atoms with E-state index in [9.17, 15) is 9.59 Å². The molecule has 1 aliphatic rings. The van der Waals surface area contributed by atoms with Crippen LogP contribution in [0.3, 0.4) is 0 Å². The molecule has 0 aliphatic heterocycles. The molecule has 0 radical (unpaired) electrons. The number of carbonyl (C=O) groups is 2. The third kappa shape index (κ3) is 3.69. The topological polar surface area (TPSA) is 66.4 Å². The van der Waals surface area contributed by atoms with Crippen LogP contribution in [0.1, 0.15) is 18.4 Å². The molecule has 1 amide bonds. The zero-order valence-electron chi connectivity index (χ0n) is 9.73. The molecule has 1 fully saturated rings. The standard InChI is InChI=1S/C13H14INO3/c14-10-3-1-2-8(6-10)7-11(16)15-12(13(17)18)9-4-5-9/h1-3,6,9,12H,4-5,7H2,(H,15,16)(H,17,18). The number of hydrogen-bond acceptors (Lipinski definition) is 2. The lowest BCUT2D eigenvalue weighted by atomic mass is 10.1. The van der Waals surface area contributed by atoms with Crippen molar-refractivity contribution in [1.29, 1.82) is 0 Å². The fourth-order valence-corrected chi connectivity index (χ4v) is 2.48. The van der Waals surface area contributed by atoms with Gasteiger partial charge in [-0.05, 0) is 59.0 Å². The van der Waals surface area contributed by atoms with E-state index in [2.05, 4.69) is 27.9 Å². The van der Waals surface area contributed by atoms with Crippen molar-refractivity contribution >= 4 is 34.5 Å². The maximum absolute atomic E-state index is 11.8. The quantitative estimate of drug-likeness (QED) is 0.789. The molecule has 1 aliphatic carbocycles. The Balaban J connectivity index is 1.93. The van der Waals surface area contributed by atoms with Crippen LogP contribution in [0, 0.1) is 9.49 Å². The molecule has 1 aromatic carbocycles. The molecule has 0 aromatic heterocycles. The van der Waals surface area contributed by atoms with Crippen LogP contribution in [-0.2, 0) is 16.0 Å². The van der Waals surface area contributed by atoms with Gasteiger partial charge in [0.25, 0.3) is 0 Å². The summed E-state index contributed by atoms with van der Waals surface area (Å²) in [6.45, 7) is 0. The van der Waals surface area contributed by atoms with Gasteiger partial charge in [-0.1, -0.05) is 12.1 Å². The highest BCUT2D eigenvalue weighted by molar-refractivity contribution is 14.1. The van der Waals surface area contributed by atoms with Crippen LogP contribution >= 0.6 is 22.6 Å². The van der Waals surface area contributed by atoms with Crippen molar-refractivity contribution in [3.05, 3.63) is 33.4 Å². The van der Waals surface area contributed by atoms with E-state index in [1.54, 1.807) is 0 Å². The van der Waals surface area contributed by atoms with E-state index < -0.39 is 12.0 Å². The number of hydrogen-bond donors (Lipinski definition) is 2. The number of amides is 1. The van der Waals surface area contributed by atoms with Gasteiger partial charge in [-0.2, -0.15) is 0 Å². The fraction of sp³-hybridized carbons (Fsp3) is 0.385. The van der Waals surface area contributed by atoms with Crippen LogP contribution in [0.15, 0.2) is 24.3 Å². The Morgan fingerprint density at radius 1 is 1.44 bits per heavy atom. The molecular formula is C13H14INO3. The average molecular weight is 359 g/mol. The van der Waals surface area contributed by atoms with Crippen molar-refractivity contribution in [3.63, 3.8) is 0 Å². The number of nitrogens with one attached hydrogen (secondary N) is 1. The first-order chi connectivity index (χ1) is 8.56. The van der Waals surface area contributed by atoms with Crippen molar-refractivity contribution in [2.45, 2.75) is 25.3 Å². The number of carboxylic acid groups (broad SMARTS) is 1. The van der Waals surface area contributed by atoms with E-state index in [1.807, 2.05) is 24.3 Å². The van der Waals surface area contributed by atoms with Crippen LogP contribution in [0.2, 0.25) is 0 Å². The number of carbonyl (C=O) groups excluding carboxylic acids is 1. The highest BCUT2D eigenvalue weighted by Gasteiger charge is 2.37. The Kier molecular flexibility index (Phi) is 4.21. The summed E-state index contributed by atoms with van der Waals surface area (Å²) in [5, 5.41) is 11.6. The van der Waals surface area contributed by atoms with Crippen molar-refractivity contribution in [1.82, 2.24) is 5.32 Å². The molecule has 5 heteroatoms. The molecule has 1 saturated carbocycles. The van der Waals surface area contributed by atoms with Gasteiger partial charge in [0.2, 0.25) is 5.91 Å². The van der Waals surface area contributed by atoms with Crippen LogP contribution in [0.5, 0.6) is 0 Å². The van der Waals surface area contributed by atoms with Gasteiger partial charge in [0.15, 0.2) is 0 Å². The Hall–Kier alpha value is -1.11. The molecule has 96 valence electrons. The van der Waals surface area contributed by atoms with Gasteiger partial charge in [-0.3, -0.25) is 4.79 Å². The molecule has 2 rings (SSSR count). The SMILES string of the molecule is O=C(Cc1cccc(I)c1)NC(C(=O)O)C1CC1. The van der Waals surface area contributed by atoms with Crippen LogP contribution in [0.25, 0.3) is 0 Å². The average Bonchev–Trinajstić information content (AvgIpc) is 3.09. The van der Waals surface area contributed by atoms with Crippen LogP contribution in [0.4, 0.5) is 0 Å². The number of aliphatic carboxylic acids is 1. The van der Waals surface area contributed by atoms with Gasteiger partial charge in [0, 0.05) is 3.57 Å². The third-order valence-electron chi connectivity index (χ3n) is 2.93. The monoisotopic (exact) mass is 359 g/mol. The molecule has 18 heavy (non-hydrogen) atoms. The smallest absolute Gasteiger partial charge is 0.326 e. The predicted octanol–water partition coefficient (Wildman–Crippen LogP) is 1.81. The molecule has 0 saturated heterocycles. The maximum atomic E-state index is 11.8. The molecule has 0 heterocycles. The van der Waals surface area contributed by atoms with Crippen molar-refractivity contribution in [2.24, 2.45) is 5.92 Å². The molecule has 1 atom stereocenters. The van der Waals surface area contributed by atoms with Gasteiger partial charge in [0.1, 0.15) is 6.04 Å². The predicted molar refractivity (Wildman–Crippen MR) is 75.2 cm³/mol. The highest BCUT2D eigenvalue weighted by Crippen LogP contribution is 2.32. The van der Waals surface area contributed by atoms with Gasteiger partial charge in [-0.15, -0.1) is 0 Å². The summed E-state index contributed by atoms with van der Waals surface area (Å²) >= 11 is 2.18. The Morgan fingerprint density at radius 2 is 2.17 bits per heavy atom. The second kappa shape index (κ2) is 5.69. The lowest BCUT2D eigenvalue weighted by molar-refractivity contribution is -0.142. The first-order valence-electron chi connectivity index (χ1n) is 5.83. The Bertz CT molecular complexity index is 471. The van der Waals surface area contributed by atoms with E-state index in [-0.39, 0.29) is 18.2 Å². The molecule has 0 bridgehead atoms. The van der Waals surface area contributed by atoms with E-state index in [4.69, 9.17) is 5.11 Å². The minimum absolute atomic E-state index is 0.113. The maximum Gasteiger partial charge on any atom is 0.326 e. The van der Waals surface area contributed by atoms with Crippen molar-refractivity contribution in [2.75, 3.05) is 0 Å². The third-order valence-corrected chi connectivity index (χ3v) is 3.60. The van der Waals surface area contributed by atoms with Crippen molar-refractivity contribution < 1.29 is 14.7 Å². The van der Waals surface area contributed by atoms with E-state index in [0.29, 0.717) is 0 Å². The Labute approximate surface area is 119 Å². The second-order valence-electron chi connectivity index (χ2n) is 4.53. The van der Waals surface area contributed by atoms with Crippen LogP contribution in [-0.4, -0.2) is 23.0 Å². The van der Waals surface area contributed by atoms with Gasteiger partial charge in [0.05, 0.1) is 6.42 Å². The minimum atomic E-state index is -0.937. The van der Waals surface area contributed by atoms with Crippen molar-refractivity contribution in [3.8, 4) is 0 Å². The largest absolute Gasteiger partial charge is 0.480 e. The van der Waals surface area contributed by atoms with E-state index >= 15 is 0 Å². The molecule has 4 nitrogen and oxygen atoms in total. The number of benzene rings is 1. The Morgan fingerprint density at radius 3 is 2.72 bits per heavy atom. The number of carboxylic acids is 1. The fourth-order valence-electron chi connectivity index (χ4n) is 1.87. The molecular weight excluding hydrogens is 345 g/mol. The molecule has 2 N–H and O–H groups in total. The summed E-state index contributed by atoms with van der Waals surface area (Å²) in [7, 11) is 0. The van der Waals surface area contributed by atoms with E-state index in [1.165, 1.54) is 0 Å². The van der Waals surface area contributed by atoms with Gasteiger partial charge >= 0.3 is 5.97 Å². The van der Waals surface area contributed by atoms with E-state index in [0.717, 1.165) is 22.0 Å². The van der Waals surface area contributed by atoms with Crippen LogP contribution < -0.4 is 5.32 Å². The lowest BCUT2D eigenvalue weighted by Crippen LogP contribution is -2.43. The summed E-state index contributed by atoms with van der Waals surface area (Å²) in [5.41, 5.74) is 0.902. The minimum Gasteiger partial charge on any atom is -0.480 e. The summed E-state index contributed by atoms with van der Waals surface area (Å²) in [6, 6.07) is 6.91. The summed E-state index contributed by atoms with van der Waals surface area (Å²) in [4.78, 5) is 22.8. The number of rotatable bonds is 5. The first-order valence-corrected chi connectivity index (χ1v) is 6.91. The zero-order valence-corrected chi connectivity index (χ0v) is 11.9. The lowest BCUT2D eigenvalue weighted by Gasteiger charge is -2.13. The number of halogens is 1. The summed E-state index contributed by atoms with van der Waals surface area (Å²) in [6.07, 6.45) is 2.01. The first kappa shape index (κ1) is 13.3. The molecule has 1 aromatic rings. The normalized spacial score (nSPS) is 16.1. The van der Waals surface area contributed by atoms with Gasteiger partial charge in [-0.25, -0.2) is 4.79 Å². The summed E-state index contributed by atoms with van der Waals surface area (Å²) in [5.74, 6) is -1.05. The van der Waals surface area contributed by atoms with Gasteiger partial charge < -0.3 is 10.4 Å².